The minimum absolute atomic E-state index is 0.0188. The van der Waals surface area contributed by atoms with Crippen LogP contribution in [0.15, 0.2) is 12.1 Å². The highest BCUT2D eigenvalue weighted by Gasteiger charge is 2.13. The third-order valence-electron chi connectivity index (χ3n) is 1.97. The zero-order valence-corrected chi connectivity index (χ0v) is 9.52. The first-order valence-corrected chi connectivity index (χ1v) is 5.15. The third-order valence-corrected chi connectivity index (χ3v) is 2.58. The number of carbonyl (C=O) groups is 1. The average molecular weight is 261 g/mol. The molecule has 0 aliphatic heterocycles. The second kappa shape index (κ2) is 4.55. The van der Waals surface area contributed by atoms with Gasteiger partial charge in [0.1, 0.15) is 5.82 Å². The molecule has 0 heterocycles. The van der Waals surface area contributed by atoms with Crippen molar-refractivity contribution >= 4 is 21.9 Å². The molecule has 0 spiro atoms. The molecule has 1 aromatic carbocycles. The van der Waals surface area contributed by atoms with Gasteiger partial charge in [0.2, 0.25) is 0 Å². The maximum absolute atomic E-state index is 13.3. The van der Waals surface area contributed by atoms with Gasteiger partial charge >= 0.3 is 5.97 Å². The van der Waals surface area contributed by atoms with Crippen molar-refractivity contribution in [2.75, 3.05) is 7.11 Å². The van der Waals surface area contributed by atoms with Crippen molar-refractivity contribution in [1.82, 2.24) is 0 Å². The Labute approximate surface area is 90.2 Å². The minimum Gasteiger partial charge on any atom is -0.465 e. The van der Waals surface area contributed by atoms with E-state index in [2.05, 4.69) is 20.7 Å². The monoisotopic (exact) mass is 260 g/mol. The molecule has 0 bridgehead atoms. The van der Waals surface area contributed by atoms with Crippen LogP contribution in [0.25, 0.3) is 0 Å². The molecule has 76 valence electrons. The largest absolute Gasteiger partial charge is 0.465 e. The first kappa shape index (κ1) is 11.2. The SMILES string of the molecule is COC(=O)c1cc(C)c(CBr)cc1F. The maximum Gasteiger partial charge on any atom is 0.340 e. The summed E-state index contributed by atoms with van der Waals surface area (Å²) in [5, 5.41) is 0.567. The standard InChI is InChI=1S/C10H10BrFO2/c1-6-3-8(10(13)14-2)9(12)4-7(6)5-11/h3-4H,5H2,1-2H3. The number of alkyl halides is 1. The number of methoxy groups -OCH3 is 1. The minimum atomic E-state index is -0.647. The summed E-state index contributed by atoms with van der Waals surface area (Å²) in [6.07, 6.45) is 0. The number of aryl methyl sites for hydroxylation is 1. The van der Waals surface area contributed by atoms with E-state index in [0.29, 0.717) is 5.33 Å². The van der Waals surface area contributed by atoms with Gasteiger partial charge in [-0.1, -0.05) is 15.9 Å². The molecule has 0 unspecified atom stereocenters. The average Bonchev–Trinajstić information content (AvgIpc) is 2.19. The van der Waals surface area contributed by atoms with Gasteiger partial charge in [0.15, 0.2) is 0 Å². The van der Waals surface area contributed by atoms with Crippen molar-refractivity contribution in [1.29, 1.82) is 0 Å². The fraction of sp³-hybridized carbons (Fsp3) is 0.300. The lowest BCUT2D eigenvalue weighted by Crippen LogP contribution is -2.05. The number of esters is 1. The molecule has 0 fully saturated rings. The van der Waals surface area contributed by atoms with E-state index in [-0.39, 0.29) is 5.56 Å². The van der Waals surface area contributed by atoms with Gasteiger partial charge in [0.25, 0.3) is 0 Å². The molecule has 0 saturated carbocycles. The van der Waals surface area contributed by atoms with Crippen molar-refractivity contribution in [3.8, 4) is 0 Å². The first-order chi connectivity index (χ1) is 6.60. The zero-order valence-electron chi connectivity index (χ0n) is 7.93. The van der Waals surface area contributed by atoms with E-state index in [4.69, 9.17) is 0 Å². The Morgan fingerprint density at radius 3 is 2.71 bits per heavy atom. The molecule has 0 aliphatic rings. The van der Waals surface area contributed by atoms with Crippen LogP contribution in [-0.2, 0) is 10.1 Å². The Balaban J connectivity index is 3.21. The smallest absolute Gasteiger partial charge is 0.340 e. The lowest BCUT2D eigenvalue weighted by Gasteiger charge is -2.06. The molecule has 2 nitrogen and oxygen atoms in total. The van der Waals surface area contributed by atoms with E-state index in [1.807, 2.05) is 6.92 Å². The van der Waals surface area contributed by atoms with E-state index < -0.39 is 11.8 Å². The number of rotatable bonds is 2. The maximum atomic E-state index is 13.3. The molecule has 0 atom stereocenters. The van der Waals surface area contributed by atoms with Gasteiger partial charge in [-0.2, -0.15) is 0 Å². The summed E-state index contributed by atoms with van der Waals surface area (Å²) in [4.78, 5) is 11.1. The molecule has 0 saturated heterocycles. The van der Waals surface area contributed by atoms with Crippen molar-refractivity contribution in [2.45, 2.75) is 12.3 Å². The predicted octanol–water partition coefficient (Wildman–Crippen LogP) is 2.82. The summed E-state index contributed by atoms with van der Waals surface area (Å²) in [6, 6.07) is 2.84. The molecular formula is C10H10BrFO2. The second-order valence-electron chi connectivity index (χ2n) is 2.88. The van der Waals surface area contributed by atoms with Gasteiger partial charge in [-0.25, -0.2) is 9.18 Å². The van der Waals surface area contributed by atoms with Crippen LogP contribution in [0.5, 0.6) is 0 Å². The quantitative estimate of drug-likeness (QED) is 0.604. The molecule has 0 aliphatic carbocycles. The van der Waals surface area contributed by atoms with Gasteiger partial charge < -0.3 is 4.74 Å². The molecule has 1 aromatic rings. The van der Waals surface area contributed by atoms with Crippen molar-refractivity contribution in [2.24, 2.45) is 0 Å². The molecular weight excluding hydrogens is 251 g/mol. The lowest BCUT2D eigenvalue weighted by atomic mass is 10.1. The summed E-state index contributed by atoms with van der Waals surface area (Å²) in [7, 11) is 1.23. The number of carbonyl (C=O) groups excluding carboxylic acids is 1. The van der Waals surface area contributed by atoms with E-state index in [1.54, 1.807) is 0 Å². The van der Waals surface area contributed by atoms with Gasteiger partial charge in [-0.3, -0.25) is 0 Å². The molecule has 14 heavy (non-hydrogen) atoms. The fourth-order valence-electron chi connectivity index (χ4n) is 1.13. The van der Waals surface area contributed by atoms with E-state index in [0.717, 1.165) is 11.1 Å². The summed E-state index contributed by atoms with van der Waals surface area (Å²) < 4.78 is 17.8. The topological polar surface area (TPSA) is 26.3 Å². The second-order valence-corrected chi connectivity index (χ2v) is 3.44. The molecule has 0 aromatic heterocycles. The van der Waals surface area contributed by atoms with E-state index >= 15 is 0 Å². The molecule has 0 radical (unpaired) electrons. The molecule has 1 rings (SSSR count). The Morgan fingerprint density at radius 1 is 1.57 bits per heavy atom. The predicted molar refractivity (Wildman–Crippen MR) is 55.1 cm³/mol. The van der Waals surface area contributed by atoms with Crippen molar-refractivity contribution < 1.29 is 13.9 Å². The normalized spacial score (nSPS) is 10.0. The Hall–Kier alpha value is -0.900. The number of ether oxygens (including phenoxy) is 1. The highest BCUT2D eigenvalue weighted by Crippen LogP contribution is 2.18. The van der Waals surface area contributed by atoms with Crippen molar-refractivity contribution in [3.05, 3.63) is 34.6 Å². The molecule has 4 heteroatoms. The number of hydrogen-bond donors (Lipinski definition) is 0. The van der Waals surface area contributed by atoms with Crippen LogP contribution in [0.3, 0.4) is 0 Å². The number of hydrogen-bond acceptors (Lipinski definition) is 2. The third kappa shape index (κ3) is 2.12. The highest BCUT2D eigenvalue weighted by atomic mass is 79.9. The summed E-state index contributed by atoms with van der Waals surface area (Å²) in [5.41, 5.74) is 1.67. The van der Waals surface area contributed by atoms with Gasteiger partial charge in [-0.15, -0.1) is 0 Å². The zero-order chi connectivity index (χ0) is 10.7. The Kier molecular flexibility index (Phi) is 3.63. The van der Waals surface area contributed by atoms with Crippen LogP contribution in [0.1, 0.15) is 21.5 Å². The Bertz CT molecular complexity index is 363. The number of benzene rings is 1. The van der Waals surface area contributed by atoms with Crippen LogP contribution >= 0.6 is 15.9 Å². The molecule has 0 N–H and O–H groups in total. The first-order valence-electron chi connectivity index (χ1n) is 4.03. The van der Waals surface area contributed by atoms with E-state index in [9.17, 15) is 9.18 Å². The highest BCUT2D eigenvalue weighted by molar-refractivity contribution is 9.08. The fourth-order valence-corrected chi connectivity index (χ4v) is 1.74. The van der Waals surface area contributed by atoms with Crippen LogP contribution < -0.4 is 0 Å². The lowest BCUT2D eigenvalue weighted by molar-refractivity contribution is 0.0595. The summed E-state index contributed by atoms with van der Waals surface area (Å²) in [6.45, 7) is 1.82. The summed E-state index contributed by atoms with van der Waals surface area (Å²) >= 11 is 3.24. The summed E-state index contributed by atoms with van der Waals surface area (Å²) in [5.74, 6) is -1.19. The van der Waals surface area contributed by atoms with Crippen LogP contribution in [-0.4, -0.2) is 13.1 Å². The molecule has 0 amide bonds. The number of halogens is 2. The van der Waals surface area contributed by atoms with Crippen molar-refractivity contribution in [3.63, 3.8) is 0 Å². The van der Waals surface area contributed by atoms with Crippen LogP contribution in [0, 0.1) is 12.7 Å². The van der Waals surface area contributed by atoms with E-state index in [1.165, 1.54) is 19.2 Å². The van der Waals surface area contributed by atoms with Crippen LogP contribution in [0.4, 0.5) is 4.39 Å². The Morgan fingerprint density at radius 2 is 2.21 bits per heavy atom. The van der Waals surface area contributed by atoms with Gasteiger partial charge in [-0.05, 0) is 30.2 Å². The van der Waals surface area contributed by atoms with Crippen LogP contribution in [0.2, 0.25) is 0 Å². The van der Waals surface area contributed by atoms with Gasteiger partial charge in [0.05, 0.1) is 12.7 Å². The van der Waals surface area contributed by atoms with Gasteiger partial charge in [0, 0.05) is 5.33 Å².